The number of benzene rings is 2. The van der Waals surface area contributed by atoms with Crippen molar-refractivity contribution in [1.82, 2.24) is 4.98 Å². The molecule has 0 saturated heterocycles. The van der Waals surface area contributed by atoms with Crippen molar-refractivity contribution in [1.29, 1.82) is 0 Å². The highest BCUT2D eigenvalue weighted by atomic mass is 32.2. The van der Waals surface area contributed by atoms with Gasteiger partial charge in [-0.3, -0.25) is 0 Å². The normalized spacial score (nSPS) is 12.9. The third-order valence-corrected chi connectivity index (χ3v) is 6.68. The maximum Gasteiger partial charge on any atom is 0.427 e. The number of sulfonamides is 1. The number of nitrogens with one attached hydrogen (secondary N) is 1. The lowest BCUT2D eigenvalue weighted by Crippen LogP contribution is -2.36. The van der Waals surface area contributed by atoms with E-state index >= 15 is 0 Å². The van der Waals surface area contributed by atoms with Crippen LogP contribution in [0, 0.1) is 11.6 Å². The van der Waals surface area contributed by atoms with Gasteiger partial charge in [0.25, 0.3) is 10.0 Å². The van der Waals surface area contributed by atoms with Gasteiger partial charge in [-0.2, -0.15) is 13.2 Å². The first kappa shape index (κ1) is 24.4. The van der Waals surface area contributed by atoms with E-state index < -0.39 is 61.9 Å². The minimum absolute atomic E-state index is 0.142. The highest BCUT2D eigenvalue weighted by molar-refractivity contribution is 7.93. The van der Waals surface area contributed by atoms with Crippen LogP contribution in [-0.2, 0) is 16.2 Å². The van der Waals surface area contributed by atoms with Crippen molar-refractivity contribution in [2.75, 3.05) is 9.62 Å². The number of aromatic nitrogens is 1. The molecular formula is C19H14F5N3O4S2. The van der Waals surface area contributed by atoms with Gasteiger partial charge in [0.1, 0.15) is 11.6 Å². The molecule has 0 aliphatic heterocycles. The molecule has 2 aromatic carbocycles. The van der Waals surface area contributed by atoms with Gasteiger partial charge >= 0.3 is 12.3 Å². The molecule has 1 aromatic heterocycles. The highest BCUT2D eigenvalue weighted by Crippen LogP contribution is 2.38. The van der Waals surface area contributed by atoms with Crippen LogP contribution >= 0.6 is 11.3 Å². The lowest BCUT2D eigenvalue weighted by Gasteiger charge is -2.22. The van der Waals surface area contributed by atoms with E-state index in [1.54, 1.807) is 0 Å². The lowest BCUT2D eigenvalue weighted by molar-refractivity contribution is -0.137. The van der Waals surface area contributed by atoms with Crippen molar-refractivity contribution in [2.24, 2.45) is 0 Å². The largest absolute Gasteiger partial charge is 0.464 e. The number of carboxylic acid groups (broad SMARTS) is 1. The molecule has 3 rings (SSSR count). The van der Waals surface area contributed by atoms with E-state index in [4.69, 9.17) is 0 Å². The molecule has 1 unspecified atom stereocenters. The summed E-state index contributed by atoms with van der Waals surface area (Å²) >= 11 is 0.885. The standard InChI is InChI=1S/C19H14F5N3O4S2/c1-10(13-6-11(20)2-4-15(13)21)26-16-5-3-12(7-14(16)19(22,23)24)33(30,31)27(18(28)29)17-8-32-9-25-17/h2-10,26H,1H3,(H,28,29). The summed E-state index contributed by atoms with van der Waals surface area (Å²) < 4.78 is 94.2. The van der Waals surface area contributed by atoms with E-state index in [2.05, 4.69) is 10.3 Å². The van der Waals surface area contributed by atoms with Crippen molar-refractivity contribution >= 4 is 39.0 Å². The van der Waals surface area contributed by atoms with Crippen LogP contribution in [0.1, 0.15) is 24.1 Å². The first-order valence-electron chi connectivity index (χ1n) is 8.91. The Morgan fingerprint density at radius 3 is 2.45 bits per heavy atom. The number of anilines is 2. The molecule has 1 heterocycles. The summed E-state index contributed by atoms with van der Waals surface area (Å²) in [5, 5.41) is 12.8. The molecule has 0 radical (unpaired) electrons. The van der Waals surface area contributed by atoms with Gasteiger partial charge in [-0.15, -0.1) is 15.6 Å². The first-order valence-corrected chi connectivity index (χ1v) is 11.3. The fraction of sp³-hybridized carbons (Fsp3) is 0.158. The first-order chi connectivity index (χ1) is 15.3. The van der Waals surface area contributed by atoms with Crippen LogP contribution in [-0.4, -0.2) is 24.6 Å². The van der Waals surface area contributed by atoms with Crippen molar-refractivity contribution in [2.45, 2.75) is 24.0 Å². The van der Waals surface area contributed by atoms with Crippen LogP contribution in [0.4, 0.5) is 38.3 Å². The number of hydrogen-bond donors (Lipinski definition) is 2. The quantitative estimate of drug-likeness (QED) is 0.429. The van der Waals surface area contributed by atoms with Crippen LogP contribution in [0.5, 0.6) is 0 Å². The second-order valence-corrected chi connectivity index (χ2v) is 9.14. The predicted molar refractivity (Wildman–Crippen MR) is 110 cm³/mol. The van der Waals surface area contributed by atoms with Gasteiger partial charge in [0.15, 0.2) is 5.82 Å². The summed E-state index contributed by atoms with van der Waals surface area (Å²) in [5.41, 5.74) is -1.16. The lowest BCUT2D eigenvalue weighted by atomic mass is 10.1. The number of rotatable bonds is 6. The highest BCUT2D eigenvalue weighted by Gasteiger charge is 2.38. The van der Waals surface area contributed by atoms with Crippen LogP contribution in [0.25, 0.3) is 0 Å². The molecule has 0 bridgehead atoms. The Labute approximate surface area is 188 Å². The van der Waals surface area contributed by atoms with Crippen molar-refractivity contribution in [3.63, 3.8) is 0 Å². The monoisotopic (exact) mass is 507 g/mol. The van der Waals surface area contributed by atoms with Crippen LogP contribution in [0.2, 0.25) is 0 Å². The molecule has 1 amide bonds. The number of hydrogen-bond acceptors (Lipinski definition) is 6. The molecule has 0 spiro atoms. The Morgan fingerprint density at radius 1 is 1.18 bits per heavy atom. The van der Waals surface area contributed by atoms with E-state index in [1.165, 1.54) is 6.92 Å². The van der Waals surface area contributed by atoms with Crippen LogP contribution < -0.4 is 9.62 Å². The zero-order chi connectivity index (χ0) is 24.6. The third kappa shape index (κ3) is 5.06. The Bertz CT molecular complexity index is 1280. The summed E-state index contributed by atoms with van der Waals surface area (Å²) in [4.78, 5) is 14.2. The minimum atomic E-state index is -5.07. The number of carbonyl (C=O) groups is 1. The fourth-order valence-corrected chi connectivity index (χ4v) is 4.79. The van der Waals surface area contributed by atoms with Crippen LogP contribution in [0.15, 0.2) is 52.2 Å². The Hall–Kier alpha value is -3.26. The Kier molecular flexibility index (Phi) is 6.61. The maximum absolute atomic E-state index is 14.0. The van der Waals surface area contributed by atoms with E-state index in [0.29, 0.717) is 0 Å². The van der Waals surface area contributed by atoms with Crippen molar-refractivity contribution < 1.29 is 40.3 Å². The van der Waals surface area contributed by atoms with Gasteiger partial charge in [0, 0.05) is 16.6 Å². The molecule has 176 valence electrons. The van der Waals surface area contributed by atoms with Gasteiger partial charge < -0.3 is 10.4 Å². The smallest absolute Gasteiger partial charge is 0.427 e. The zero-order valence-electron chi connectivity index (χ0n) is 16.5. The van der Waals surface area contributed by atoms with Gasteiger partial charge in [-0.25, -0.2) is 27.0 Å². The third-order valence-electron chi connectivity index (χ3n) is 4.43. The van der Waals surface area contributed by atoms with Crippen LogP contribution in [0.3, 0.4) is 0 Å². The molecular weight excluding hydrogens is 493 g/mol. The number of thiazole rings is 1. The second kappa shape index (κ2) is 8.94. The molecule has 7 nitrogen and oxygen atoms in total. The number of nitrogens with zero attached hydrogens (tertiary/aromatic N) is 2. The molecule has 14 heteroatoms. The van der Waals surface area contributed by atoms with E-state index in [1.807, 2.05) is 0 Å². The summed E-state index contributed by atoms with van der Waals surface area (Å²) in [6.45, 7) is 1.29. The molecule has 0 aliphatic carbocycles. The maximum atomic E-state index is 14.0. The van der Waals surface area contributed by atoms with E-state index in [-0.39, 0.29) is 15.9 Å². The van der Waals surface area contributed by atoms with Crippen molar-refractivity contribution in [3.8, 4) is 0 Å². The van der Waals surface area contributed by atoms with Gasteiger partial charge in [0.05, 0.1) is 22.0 Å². The second-order valence-electron chi connectivity index (χ2n) is 6.64. The molecule has 3 aromatic rings. The average Bonchev–Trinajstić information content (AvgIpc) is 3.22. The zero-order valence-corrected chi connectivity index (χ0v) is 18.1. The predicted octanol–water partition coefficient (Wildman–Crippen LogP) is 5.49. The minimum Gasteiger partial charge on any atom is -0.464 e. The molecule has 0 saturated carbocycles. The SMILES string of the molecule is CC(Nc1ccc(S(=O)(=O)N(C(=O)O)c2cscn2)cc1C(F)(F)F)c1cc(F)ccc1F. The van der Waals surface area contributed by atoms with Gasteiger partial charge in [-0.05, 0) is 43.3 Å². The van der Waals surface area contributed by atoms with E-state index in [9.17, 15) is 40.3 Å². The number of alkyl halides is 3. The molecule has 2 N–H and O–H groups in total. The topological polar surface area (TPSA) is 99.6 Å². The number of amides is 1. The summed E-state index contributed by atoms with van der Waals surface area (Å²) in [6.07, 6.45) is -7.03. The average molecular weight is 507 g/mol. The fourth-order valence-electron chi connectivity index (χ4n) is 2.94. The molecule has 0 aliphatic rings. The Balaban J connectivity index is 2.06. The number of halogens is 5. The molecule has 1 atom stereocenters. The molecule has 0 fully saturated rings. The van der Waals surface area contributed by atoms with E-state index in [0.717, 1.165) is 52.6 Å². The summed E-state index contributed by atoms with van der Waals surface area (Å²) in [6, 6.07) is 3.15. The van der Waals surface area contributed by atoms with Gasteiger partial charge in [-0.1, -0.05) is 0 Å². The van der Waals surface area contributed by atoms with Crippen molar-refractivity contribution in [3.05, 3.63) is 70.1 Å². The summed E-state index contributed by atoms with van der Waals surface area (Å²) in [7, 11) is -4.98. The summed E-state index contributed by atoms with van der Waals surface area (Å²) in [5.74, 6) is -2.16. The Morgan fingerprint density at radius 2 is 1.88 bits per heavy atom. The van der Waals surface area contributed by atoms with Gasteiger partial charge in [0.2, 0.25) is 0 Å². The molecule has 33 heavy (non-hydrogen) atoms.